The molecule has 7 nitrogen and oxygen atoms in total. The first-order chi connectivity index (χ1) is 15.2. The molecular weight excluding hydrogens is 390 g/mol. The van der Waals surface area contributed by atoms with Crippen molar-refractivity contribution in [1.82, 2.24) is 20.4 Å². The van der Waals surface area contributed by atoms with Crippen molar-refractivity contribution >= 4 is 22.8 Å². The van der Waals surface area contributed by atoms with Crippen LogP contribution in [0.2, 0.25) is 0 Å². The average molecular weight is 420 g/mol. The van der Waals surface area contributed by atoms with E-state index in [1.165, 1.54) is 17.5 Å². The van der Waals surface area contributed by atoms with Crippen molar-refractivity contribution in [3.63, 3.8) is 0 Å². The maximum absolute atomic E-state index is 12.7. The molecule has 1 aromatic carbocycles. The van der Waals surface area contributed by atoms with Crippen molar-refractivity contribution in [3.8, 4) is 0 Å². The molecule has 1 amide bonds. The van der Waals surface area contributed by atoms with Crippen LogP contribution in [0.15, 0.2) is 28.8 Å². The number of hydrogen-bond acceptors (Lipinski definition) is 6. The summed E-state index contributed by atoms with van der Waals surface area (Å²) < 4.78 is 5.46. The van der Waals surface area contributed by atoms with E-state index in [0.717, 1.165) is 62.1 Å². The normalized spacial score (nSPS) is 18.7. The number of aromatic nitrogens is 3. The Labute approximate surface area is 182 Å². The lowest BCUT2D eigenvalue weighted by Gasteiger charge is -2.28. The SMILES string of the molecule is Cc1noc2nc(CCC(=O)N[C@H]3CCCc4ccccc43)nc(N3CCCCC3)c12. The zero-order valence-corrected chi connectivity index (χ0v) is 18.1. The van der Waals surface area contributed by atoms with E-state index in [4.69, 9.17) is 9.51 Å². The highest BCUT2D eigenvalue weighted by Crippen LogP contribution is 2.30. The quantitative estimate of drug-likeness (QED) is 0.672. The number of piperidine rings is 1. The molecule has 5 rings (SSSR count). The van der Waals surface area contributed by atoms with Gasteiger partial charge in [0.15, 0.2) is 0 Å². The smallest absolute Gasteiger partial charge is 0.263 e. The van der Waals surface area contributed by atoms with Gasteiger partial charge < -0.3 is 14.7 Å². The van der Waals surface area contributed by atoms with E-state index in [1.54, 1.807) is 0 Å². The van der Waals surface area contributed by atoms with Crippen LogP contribution in [-0.2, 0) is 17.6 Å². The van der Waals surface area contributed by atoms with Crippen LogP contribution in [0, 0.1) is 6.92 Å². The minimum absolute atomic E-state index is 0.0404. The van der Waals surface area contributed by atoms with Crippen LogP contribution in [0.1, 0.15) is 67.2 Å². The predicted octanol–water partition coefficient (Wildman–Crippen LogP) is 4.04. The summed E-state index contributed by atoms with van der Waals surface area (Å²) in [5, 5.41) is 8.22. The number of hydrogen-bond donors (Lipinski definition) is 1. The standard InChI is InChI=1S/C24H29N5O2/c1-16-22-23(29-14-5-2-6-15-29)26-20(27-24(22)31-28-16)12-13-21(30)25-19-11-7-9-17-8-3-4-10-18(17)19/h3-4,8,10,19H,2,5-7,9,11-15H2,1H3,(H,25,30)/t19-/m0/s1. The number of nitrogens with one attached hydrogen (secondary N) is 1. The highest BCUT2D eigenvalue weighted by molar-refractivity contribution is 5.88. The molecule has 3 aromatic rings. The summed E-state index contributed by atoms with van der Waals surface area (Å²) in [7, 11) is 0. The van der Waals surface area contributed by atoms with Gasteiger partial charge in [-0.1, -0.05) is 29.4 Å². The number of nitrogens with zero attached hydrogens (tertiary/aromatic N) is 4. The molecule has 1 atom stereocenters. The highest BCUT2D eigenvalue weighted by Gasteiger charge is 2.23. The van der Waals surface area contributed by atoms with Crippen LogP contribution in [-0.4, -0.2) is 34.1 Å². The molecule has 1 N–H and O–H groups in total. The number of carbonyl (C=O) groups is 1. The van der Waals surface area contributed by atoms with E-state index < -0.39 is 0 Å². The molecular formula is C24H29N5O2. The Morgan fingerprint density at radius 3 is 2.87 bits per heavy atom. The Morgan fingerprint density at radius 1 is 1.16 bits per heavy atom. The number of carbonyl (C=O) groups excluding carboxylic acids is 1. The number of fused-ring (bicyclic) bond motifs is 2. The van der Waals surface area contributed by atoms with Gasteiger partial charge in [-0.3, -0.25) is 4.79 Å². The van der Waals surface area contributed by atoms with Crippen LogP contribution in [0.5, 0.6) is 0 Å². The zero-order chi connectivity index (χ0) is 21.2. The molecule has 0 radical (unpaired) electrons. The van der Waals surface area contributed by atoms with Crippen molar-refractivity contribution in [3.05, 3.63) is 46.9 Å². The Bertz CT molecular complexity index is 1090. The topological polar surface area (TPSA) is 84.1 Å². The van der Waals surface area contributed by atoms with E-state index in [9.17, 15) is 4.79 Å². The van der Waals surface area contributed by atoms with Crippen LogP contribution >= 0.6 is 0 Å². The van der Waals surface area contributed by atoms with Crippen LogP contribution in [0.4, 0.5) is 5.82 Å². The largest absolute Gasteiger partial charge is 0.356 e. The lowest BCUT2D eigenvalue weighted by Crippen LogP contribution is -2.31. The summed E-state index contributed by atoms with van der Waals surface area (Å²) in [5.41, 5.74) is 3.93. The molecule has 0 unspecified atom stereocenters. The molecule has 162 valence electrons. The number of benzene rings is 1. The first-order valence-corrected chi connectivity index (χ1v) is 11.4. The van der Waals surface area contributed by atoms with Gasteiger partial charge >= 0.3 is 0 Å². The summed E-state index contributed by atoms with van der Waals surface area (Å²) in [6.45, 7) is 3.90. The lowest BCUT2D eigenvalue weighted by molar-refractivity contribution is -0.121. The van der Waals surface area contributed by atoms with Gasteiger partial charge in [0, 0.05) is 25.9 Å². The second-order valence-corrected chi connectivity index (χ2v) is 8.67. The summed E-state index contributed by atoms with van der Waals surface area (Å²) >= 11 is 0. The van der Waals surface area contributed by atoms with Gasteiger partial charge in [-0.2, -0.15) is 4.98 Å². The molecule has 1 saturated heterocycles. The molecule has 31 heavy (non-hydrogen) atoms. The Balaban J connectivity index is 1.30. The molecule has 3 heterocycles. The van der Waals surface area contributed by atoms with E-state index in [0.29, 0.717) is 24.4 Å². The first kappa shape index (κ1) is 20.0. The van der Waals surface area contributed by atoms with Gasteiger partial charge in [-0.05, 0) is 56.6 Å². The van der Waals surface area contributed by atoms with Gasteiger partial charge in [0.2, 0.25) is 5.91 Å². The third-order valence-electron chi connectivity index (χ3n) is 6.47. The van der Waals surface area contributed by atoms with E-state index in [2.05, 4.69) is 38.6 Å². The van der Waals surface area contributed by atoms with Crippen molar-refractivity contribution < 1.29 is 9.32 Å². The number of rotatable bonds is 5. The molecule has 1 fully saturated rings. The van der Waals surface area contributed by atoms with E-state index >= 15 is 0 Å². The van der Waals surface area contributed by atoms with Gasteiger partial charge in [-0.15, -0.1) is 0 Å². The monoisotopic (exact) mass is 419 g/mol. The highest BCUT2D eigenvalue weighted by atomic mass is 16.5. The lowest BCUT2D eigenvalue weighted by atomic mass is 9.87. The maximum Gasteiger partial charge on any atom is 0.263 e. The van der Waals surface area contributed by atoms with Crippen LogP contribution < -0.4 is 10.2 Å². The molecule has 7 heteroatoms. The van der Waals surface area contributed by atoms with E-state index in [-0.39, 0.29) is 11.9 Å². The Hall–Kier alpha value is -2.96. The minimum Gasteiger partial charge on any atom is -0.356 e. The fraction of sp³-hybridized carbons (Fsp3) is 0.500. The molecule has 1 aliphatic heterocycles. The van der Waals surface area contributed by atoms with Gasteiger partial charge in [-0.25, -0.2) is 4.98 Å². The predicted molar refractivity (Wildman–Crippen MR) is 119 cm³/mol. The minimum atomic E-state index is 0.0404. The average Bonchev–Trinajstić information content (AvgIpc) is 3.19. The maximum atomic E-state index is 12.7. The van der Waals surface area contributed by atoms with Gasteiger partial charge in [0.1, 0.15) is 17.0 Å². The van der Waals surface area contributed by atoms with Crippen molar-refractivity contribution in [2.75, 3.05) is 18.0 Å². The summed E-state index contributed by atoms with van der Waals surface area (Å²) in [5.74, 6) is 1.59. The first-order valence-electron chi connectivity index (χ1n) is 11.4. The number of anilines is 1. The molecule has 2 aliphatic rings. The third-order valence-corrected chi connectivity index (χ3v) is 6.47. The molecule has 0 saturated carbocycles. The second-order valence-electron chi connectivity index (χ2n) is 8.67. The van der Waals surface area contributed by atoms with Crippen LogP contribution in [0.25, 0.3) is 11.1 Å². The summed E-state index contributed by atoms with van der Waals surface area (Å²) in [6, 6.07) is 8.52. The second kappa shape index (κ2) is 8.65. The third kappa shape index (κ3) is 4.13. The number of amides is 1. The van der Waals surface area contributed by atoms with Crippen molar-refractivity contribution in [2.24, 2.45) is 0 Å². The van der Waals surface area contributed by atoms with Crippen molar-refractivity contribution in [2.45, 2.75) is 64.3 Å². The fourth-order valence-corrected chi connectivity index (χ4v) is 4.85. The van der Waals surface area contributed by atoms with Gasteiger partial charge in [0.25, 0.3) is 5.71 Å². The fourth-order valence-electron chi connectivity index (χ4n) is 4.85. The zero-order valence-electron chi connectivity index (χ0n) is 18.1. The summed E-state index contributed by atoms with van der Waals surface area (Å²) in [6.07, 6.45) is 7.60. The Kier molecular flexibility index (Phi) is 5.57. The van der Waals surface area contributed by atoms with Crippen LogP contribution in [0.3, 0.4) is 0 Å². The number of aryl methyl sites for hydroxylation is 3. The molecule has 2 aromatic heterocycles. The molecule has 0 spiro atoms. The molecule has 1 aliphatic carbocycles. The molecule has 0 bridgehead atoms. The van der Waals surface area contributed by atoms with Gasteiger partial charge in [0.05, 0.1) is 11.7 Å². The Morgan fingerprint density at radius 2 is 2.00 bits per heavy atom. The van der Waals surface area contributed by atoms with E-state index in [1.807, 2.05) is 13.0 Å². The van der Waals surface area contributed by atoms with Crippen molar-refractivity contribution in [1.29, 1.82) is 0 Å². The summed E-state index contributed by atoms with van der Waals surface area (Å²) in [4.78, 5) is 24.4.